The van der Waals surface area contributed by atoms with Crippen molar-refractivity contribution in [3.8, 4) is 0 Å². The van der Waals surface area contributed by atoms with Gasteiger partial charge in [0.25, 0.3) is 5.89 Å². The number of alkyl halides is 2. The SMILES string of the molecule is CCN(CC)CC(N)c1noc(C(F)F)n1. The summed E-state index contributed by atoms with van der Waals surface area (Å²) < 4.78 is 28.8. The number of nitrogens with zero attached hydrogens (tertiary/aromatic N) is 3. The summed E-state index contributed by atoms with van der Waals surface area (Å²) in [6, 6.07) is -0.504. The van der Waals surface area contributed by atoms with E-state index in [-0.39, 0.29) is 5.82 Å². The minimum absolute atomic E-state index is 0.127. The summed E-state index contributed by atoms with van der Waals surface area (Å²) in [5.41, 5.74) is 5.79. The summed E-state index contributed by atoms with van der Waals surface area (Å²) in [5, 5.41) is 3.44. The van der Waals surface area contributed by atoms with E-state index in [0.29, 0.717) is 6.54 Å². The lowest BCUT2D eigenvalue weighted by Crippen LogP contribution is -2.32. The van der Waals surface area contributed by atoms with Crippen LogP contribution in [0.3, 0.4) is 0 Å². The van der Waals surface area contributed by atoms with Gasteiger partial charge in [0.1, 0.15) is 0 Å². The van der Waals surface area contributed by atoms with E-state index in [1.54, 1.807) is 0 Å². The molecule has 0 aliphatic rings. The first-order valence-electron chi connectivity index (χ1n) is 5.18. The normalized spacial score (nSPS) is 13.7. The zero-order valence-electron chi connectivity index (χ0n) is 9.36. The number of nitrogens with two attached hydrogens (primary N) is 1. The van der Waals surface area contributed by atoms with Crippen molar-refractivity contribution in [1.29, 1.82) is 0 Å². The summed E-state index contributed by atoms with van der Waals surface area (Å²) in [7, 11) is 0. The first kappa shape index (κ1) is 13.0. The van der Waals surface area contributed by atoms with Crippen molar-refractivity contribution in [3.05, 3.63) is 11.7 Å². The van der Waals surface area contributed by atoms with Crippen molar-refractivity contribution < 1.29 is 13.3 Å². The lowest BCUT2D eigenvalue weighted by molar-refractivity contribution is 0.106. The highest BCUT2D eigenvalue weighted by Crippen LogP contribution is 2.17. The van der Waals surface area contributed by atoms with Crippen LogP contribution in [0.4, 0.5) is 8.78 Å². The second-order valence-electron chi connectivity index (χ2n) is 3.38. The Morgan fingerprint density at radius 2 is 2.00 bits per heavy atom. The molecule has 0 spiro atoms. The molecule has 0 aromatic carbocycles. The minimum atomic E-state index is -2.75. The monoisotopic (exact) mass is 234 g/mol. The molecule has 1 rings (SSSR count). The van der Waals surface area contributed by atoms with E-state index in [4.69, 9.17) is 5.73 Å². The molecule has 16 heavy (non-hydrogen) atoms. The zero-order valence-corrected chi connectivity index (χ0v) is 9.36. The van der Waals surface area contributed by atoms with Crippen LogP contribution in [0, 0.1) is 0 Å². The van der Waals surface area contributed by atoms with Gasteiger partial charge in [-0.2, -0.15) is 13.8 Å². The molecule has 5 nitrogen and oxygen atoms in total. The van der Waals surface area contributed by atoms with E-state index >= 15 is 0 Å². The van der Waals surface area contributed by atoms with Gasteiger partial charge >= 0.3 is 6.43 Å². The molecule has 7 heteroatoms. The Kier molecular flexibility index (Phi) is 4.75. The Morgan fingerprint density at radius 3 is 2.44 bits per heavy atom. The summed E-state index contributed by atoms with van der Waals surface area (Å²) in [4.78, 5) is 5.61. The Labute approximate surface area is 92.6 Å². The first-order chi connectivity index (χ1) is 7.58. The summed E-state index contributed by atoms with van der Waals surface area (Å²) in [5.74, 6) is -0.549. The fourth-order valence-corrected chi connectivity index (χ4v) is 1.33. The number of aromatic nitrogens is 2. The van der Waals surface area contributed by atoms with E-state index < -0.39 is 18.4 Å². The third kappa shape index (κ3) is 3.21. The third-order valence-electron chi connectivity index (χ3n) is 2.33. The van der Waals surface area contributed by atoms with Crippen molar-refractivity contribution in [3.63, 3.8) is 0 Å². The molecule has 1 aromatic heterocycles. The van der Waals surface area contributed by atoms with Crippen LogP contribution < -0.4 is 5.73 Å². The lowest BCUT2D eigenvalue weighted by Gasteiger charge is -2.20. The van der Waals surface area contributed by atoms with E-state index in [0.717, 1.165) is 13.1 Å². The Hall–Kier alpha value is -1.08. The predicted molar refractivity (Wildman–Crippen MR) is 54.0 cm³/mol. The maximum Gasteiger partial charge on any atom is 0.315 e. The topological polar surface area (TPSA) is 68.2 Å². The first-order valence-corrected chi connectivity index (χ1v) is 5.18. The molecule has 0 aliphatic carbocycles. The number of halogens is 2. The van der Waals surface area contributed by atoms with Gasteiger partial charge in [-0.05, 0) is 13.1 Å². The van der Waals surface area contributed by atoms with Gasteiger partial charge in [-0.1, -0.05) is 19.0 Å². The molecule has 0 bridgehead atoms. The smallest absolute Gasteiger partial charge is 0.315 e. The van der Waals surface area contributed by atoms with Gasteiger partial charge in [0.15, 0.2) is 5.82 Å². The van der Waals surface area contributed by atoms with Crippen molar-refractivity contribution in [2.75, 3.05) is 19.6 Å². The quantitative estimate of drug-likeness (QED) is 0.804. The van der Waals surface area contributed by atoms with Crippen LogP contribution in [-0.4, -0.2) is 34.7 Å². The predicted octanol–water partition coefficient (Wildman–Crippen LogP) is 1.35. The molecule has 0 radical (unpaired) electrons. The average Bonchev–Trinajstić information content (AvgIpc) is 2.74. The number of rotatable bonds is 6. The Balaban J connectivity index is 2.61. The highest BCUT2D eigenvalue weighted by molar-refractivity contribution is 4.94. The summed E-state index contributed by atoms with van der Waals surface area (Å²) in [6.07, 6.45) is -2.75. The number of likely N-dealkylation sites (N-methyl/N-ethyl adjacent to an activating group) is 1. The van der Waals surface area contributed by atoms with Crippen LogP contribution in [0.2, 0.25) is 0 Å². The number of hydrogen-bond donors (Lipinski definition) is 1. The van der Waals surface area contributed by atoms with Crippen LogP contribution in [0.1, 0.15) is 38.0 Å². The van der Waals surface area contributed by atoms with Gasteiger partial charge in [0.05, 0.1) is 6.04 Å². The lowest BCUT2D eigenvalue weighted by atomic mass is 10.2. The largest absolute Gasteiger partial charge is 0.333 e. The maximum absolute atomic E-state index is 12.2. The summed E-state index contributed by atoms with van der Waals surface area (Å²) >= 11 is 0. The minimum Gasteiger partial charge on any atom is -0.333 e. The third-order valence-corrected chi connectivity index (χ3v) is 2.33. The van der Waals surface area contributed by atoms with Crippen molar-refractivity contribution in [1.82, 2.24) is 15.0 Å². The molecule has 0 saturated carbocycles. The summed E-state index contributed by atoms with van der Waals surface area (Å²) in [6.45, 7) is 6.19. The van der Waals surface area contributed by atoms with E-state index in [2.05, 4.69) is 19.6 Å². The Bertz CT molecular complexity index is 314. The van der Waals surface area contributed by atoms with Crippen LogP contribution in [-0.2, 0) is 0 Å². The fraction of sp³-hybridized carbons (Fsp3) is 0.778. The second kappa shape index (κ2) is 5.86. The second-order valence-corrected chi connectivity index (χ2v) is 3.38. The molecule has 2 N–H and O–H groups in total. The van der Waals surface area contributed by atoms with Gasteiger partial charge in [-0.3, -0.25) is 0 Å². The molecule has 1 aromatic rings. The molecule has 1 atom stereocenters. The van der Waals surface area contributed by atoms with Crippen LogP contribution in [0.25, 0.3) is 0 Å². The molecular weight excluding hydrogens is 218 g/mol. The van der Waals surface area contributed by atoms with E-state index in [9.17, 15) is 8.78 Å². The molecule has 0 amide bonds. The molecule has 92 valence electrons. The van der Waals surface area contributed by atoms with Crippen molar-refractivity contribution in [2.45, 2.75) is 26.3 Å². The maximum atomic E-state index is 12.2. The van der Waals surface area contributed by atoms with Crippen LogP contribution in [0.15, 0.2) is 4.52 Å². The Morgan fingerprint density at radius 1 is 1.38 bits per heavy atom. The highest BCUT2D eigenvalue weighted by Gasteiger charge is 2.20. The highest BCUT2D eigenvalue weighted by atomic mass is 19.3. The van der Waals surface area contributed by atoms with Gasteiger partial charge in [0.2, 0.25) is 0 Å². The molecule has 1 unspecified atom stereocenters. The standard InChI is InChI=1S/C9H16F2N4O/c1-3-15(4-2)5-6(12)8-13-9(7(10)11)16-14-8/h6-7H,3-5,12H2,1-2H3. The van der Waals surface area contributed by atoms with Gasteiger partial charge in [-0.25, -0.2) is 0 Å². The molecule has 0 fully saturated rings. The van der Waals surface area contributed by atoms with Gasteiger partial charge in [0, 0.05) is 6.54 Å². The molecule has 1 heterocycles. The van der Waals surface area contributed by atoms with Crippen molar-refractivity contribution >= 4 is 0 Å². The van der Waals surface area contributed by atoms with Gasteiger partial charge < -0.3 is 15.2 Å². The van der Waals surface area contributed by atoms with E-state index in [1.807, 2.05) is 13.8 Å². The van der Waals surface area contributed by atoms with Gasteiger partial charge in [-0.15, -0.1) is 0 Å². The van der Waals surface area contributed by atoms with E-state index in [1.165, 1.54) is 0 Å². The fourth-order valence-electron chi connectivity index (χ4n) is 1.33. The molecular formula is C9H16F2N4O. The van der Waals surface area contributed by atoms with Crippen LogP contribution in [0.5, 0.6) is 0 Å². The number of hydrogen-bond acceptors (Lipinski definition) is 5. The molecule has 0 saturated heterocycles. The van der Waals surface area contributed by atoms with Crippen molar-refractivity contribution in [2.24, 2.45) is 5.73 Å². The zero-order chi connectivity index (χ0) is 12.1. The van der Waals surface area contributed by atoms with Crippen LogP contribution >= 0.6 is 0 Å². The average molecular weight is 234 g/mol. The molecule has 0 aliphatic heterocycles.